The minimum Gasteiger partial charge on any atom is -0.489 e. The van der Waals surface area contributed by atoms with Crippen LogP contribution < -0.4 is 19.9 Å². The van der Waals surface area contributed by atoms with Crippen LogP contribution in [0, 0.1) is 11.3 Å². The predicted octanol–water partition coefficient (Wildman–Crippen LogP) is 5.50. The molecule has 1 spiro atoms. The third kappa shape index (κ3) is 6.43. The van der Waals surface area contributed by atoms with Crippen molar-refractivity contribution < 1.29 is 27.9 Å². The maximum absolute atomic E-state index is 13.9. The lowest BCUT2D eigenvalue weighted by atomic mass is 9.57. The van der Waals surface area contributed by atoms with E-state index in [1.54, 1.807) is 4.90 Å². The SMILES string of the molecule is C[C@@H]1Cc2c([nH]c3ccccc23)C(c2ccc(N3CCC4(CC3)CC(CN3CCN5c6cc7c(cc6OC[C@@H]5C3)C(=O)N(C3CCC(=O)NC3=O)C7)C4)nc2)N1CC(F)F. The fourth-order valence-corrected chi connectivity index (χ4v) is 12.0. The lowest BCUT2D eigenvalue weighted by Gasteiger charge is -2.54. The van der Waals surface area contributed by atoms with E-state index in [0.29, 0.717) is 36.5 Å². The van der Waals surface area contributed by atoms with E-state index in [4.69, 9.17) is 9.72 Å². The van der Waals surface area contributed by atoms with Gasteiger partial charge in [0.1, 0.15) is 24.2 Å². The number of para-hydroxylation sites is 1. The number of ether oxygens (including phenoxy) is 1. The van der Waals surface area contributed by atoms with Gasteiger partial charge in [0, 0.05) is 86.6 Å². The monoisotopic (exact) mass is 818 g/mol. The Hall–Kier alpha value is -5.08. The molecular formula is C46H52F2N8O4. The van der Waals surface area contributed by atoms with Crippen LogP contribution in [0.15, 0.2) is 54.7 Å². The number of H-pyrrole nitrogens is 1. The van der Waals surface area contributed by atoms with Gasteiger partial charge < -0.3 is 24.4 Å². The topological polar surface area (TPSA) is 117 Å². The number of benzene rings is 2. The lowest BCUT2D eigenvalue weighted by molar-refractivity contribution is -0.136. The molecule has 4 aromatic rings. The predicted molar refractivity (Wildman–Crippen MR) is 222 cm³/mol. The molecule has 7 aliphatic rings. The number of amides is 3. The molecule has 6 aliphatic heterocycles. The number of aromatic amines is 1. The molecule has 1 saturated carbocycles. The van der Waals surface area contributed by atoms with Crippen molar-refractivity contribution >= 4 is 40.1 Å². The largest absolute Gasteiger partial charge is 0.489 e. The van der Waals surface area contributed by atoms with Gasteiger partial charge in [-0.05, 0) is 97.7 Å². The van der Waals surface area contributed by atoms with Crippen LogP contribution in [0.2, 0.25) is 0 Å². The molecule has 3 amide bonds. The highest BCUT2D eigenvalue weighted by Gasteiger charge is 2.47. The van der Waals surface area contributed by atoms with Gasteiger partial charge in [0.25, 0.3) is 12.3 Å². The van der Waals surface area contributed by atoms with Crippen molar-refractivity contribution in [2.75, 3.05) is 62.2 Å². The van der Waals surface area contributed by atoms with E-state index in [-0.39, 0.29) is 42.9 Å². The summed E-state index contributed by atoms with van der Waals surface area (Å²) in [5, 5.41) is 3.56. The minimum atomic E-state index is -2.42. The standard InChI is InChI=1S/C46H52F2N8O4/c1-27-16-34-32-4-2-3-5-35(32)50-42(34)43(55(27)25-39(47)48)29-6-8-40(49-21-29)53-12-10-46(11-13-53)19-28(20-46)22-52-14-15-54-31(24-52)26-60-38-18-33-30(17-37(38)54)23-56(45(33)59)36-7-9-41(57)51-44(36)58/h2-6,8,17-18,21,27-28,31,36,39,43,50H,7,9-16,19-20,22-26H2,1H3,(H,51,57,58)/t27-,31+,36?,43?/m1/s1. The van der Waals surface area contributed by atoms with Gasteiger partial charge in [-0.25, -0.2) is 13.8 Å². The van der Waals surface area contributed by atoms with Crippen LogP contribution in [0.4, 0.5) is 20.3 Å². The third-order valence-corrected chi connectivity index (χ3v) is 15.0. The second-order valence-corrected chi connectivity index (χ2v) is 18.6. The molecule has 2 N–H and O–H groups in total. The van der Waals surface area contributed by atoms with Gasteiger partial charge >= 0.3 is 0 Å². The number of anilines is 2. The number of alkyl halides is 2. The first-order valence-electron chi connectivity index (χ1n) is 21.9. The molecule has 4 fully saturated rings. The number of hydrogen-bond donors (Lipinski definition) is 2. The number of fused-ring (bicyclic) bond motifs is 7. The lowest BCUT2D eigenvalue weighted by Crippen LogP contribution is -2.59. The average Bonchev–Trinajstić information content (AvgIpc) is 3.76. The summed E-state index contributed by atoms with van der Waals surface area (Å²) >= 11 is 0. The summed E-state index contributed by atoms with van der Waals surface area (Å²) in [5.74, 6) is 1.52. The summed E-state index contributed by atoms with van der Waals surface area (Å²) in [6, 6.07) is 15.6. The molecule has 8 heterocycles. The number of hydrogen-bond acceptors (Lipinski definition) is 9. The van der Waals surface area contributed by atoms with Crippen molar-refractivity contribution in [1.82, 2.24) is 30.0 Å². The van der Waals surface area contributed by atoms with Gasteiger partial charge in [-0.15, -0.1) is 0 Å². The summed E-state index contributed by atoms with van der Waals surface area (Å²) < 4.78 is 34.1. The number of pyridine rings is 1. The number of nitrogens with zero attached hydrogens (tertiary/aromatic N) is 6. The van der Waals surface area contributed by atoms with Crippen LogP contribution in [0.1, 0.15) is 84.2 Å². The van der Waals surface area contributed by atoms with Crippen molar-refractivity contribution in [2.45, 2.75) is 89.0 Å². The van der Waals surface area contributed by atoms with E-state index in [2.05, 4.69) is 62.3 Å². The summed E-state index contributed by atoms with van der Waals surface area (Å²) in [6.07, 6.45) is 5.63. The van der Waals surface area contributed by atoms with E-state index >= 15 is 0 Å². The Morgan fingerprint density at radius 1 is 1.00 bits per heavy atom. The van der Waals surface area contributed by atoms with Gasteiger partial charge in [0.15, 0.2) is 0 Å². The fraction of sp³-hybridized carbons (Fsp3) is 0.522. The Morgan fingerprint density at radius 2 is 1.83 bits per heavy atom. The van der Waals surface area contributed by atoms with Crippen LogP contribution in [0.5, 0.6) is 5.75 Å². The molecule has 2 unspecified atom stereocenters. The normalized spacial score (nSPS) is 26.8. The number of carbonyl (C=O) groups excluding carboxylic acids is 3. The van der Waals surface area contributed by atoms with Crippen LogP contribution >= 0.6 is 0 Å². The molecule has 2 aromatic heterocycles. The maximum Gasteiger partial charge on any atom is 0.255 e. The highest BCUT2D eigenvalue weighted by molar-refractivity contribution is 6.06. The number of piperazine rings is 1. The van der Waals surface area contributed by atoms with Crippen molar-refractivity contribution in [3.63, 3.8) is 0 Å². The van der Waals surface area contributed by atoms with Gasteiger partial charge in [-0.3, -0.25) is 29.5 Å². The van der Waals surface area contributed by atoms with Crippen LogP contribution in [-0.2, 0) is 22.6 Å². The minimum absolute atomic E-state index is 0.0264. The van der Waals surface area contributed by atoms with Crippen LogP contribution in [-0.4, -0.2) is 119 Å². The Labute approximate surface area is 348 Å². The first-order chi connectivity index (χ1) is 29.1. The first kappa shape index (κ1) is 37.9. The molecule has 1 aliphatic carbocycles. The smallest absolute Gasteiger partial charge is 0.255 e. The molecule has 2 aromatic carbocycles. The summed E-state index contributed by atoms with van der Waals surface area (Å²) in [7, 11) is 0. The number of imide groups is 1. The molecule has 4 atom stereocenters. The van der Waals surface area contributed by atoms with Gasteiger partial charge in [-0.2, -0.15) is 0 Å². The van der Waals surface area contributed by atoms with Gasteiger partial charge in [-0.1, -0.05) is 24.3 Å². The average molecular weight is 819 g/mol. The molecular weight excluding hydrogens is 767 g/mol. The van der Waals surface area contributed by atoms with E-state index in [9.17, 15) is 23.2 Å². The van der Waals surface area contributed by atoms with Gasteiger partial charge in [0.2, 0.25) is 11.8 Å². The van der Waals surface area contributed by atoms with E-state index in [1.165, 1.54) is 23.8 Å². The quantitative estimate of drug-likeness (QED) is 0.233. The Kier molecular flexibility index (Phi) is 9.18. The van der Waals surface area contributed by atoms with Crippen LogP contribution in [0.25, 0.3) is 10.9 Å². The number of aromatic nitrogens is 2. The second-order valence-electron chi connectivity index (χ2n) is 18.6. The maximum atomic E-state index is 13.9. The summed E-state index contributed by atoms with van der Waals surface area (Å²) in [6.45, 7) is 8.58. The number of nitrogens with one attached hydrogen (secondary N) is 2. The number of piperidine rings is 2. The highest BCUT2D eigenvalue weighted by Crippen LogP contribution is 2.53. The Balaban J connectivity index is 0.690. The molecule has 60 heavy (non-hydrogen) atoms. The Morgan fingerprint density at radius 3 is 2.62 bits per heavy atom. The Bertz CT molecular complexity index is 2350. The van der Waals surface area contributed by atoms with E-state index < -0.39 is 18.4 Å². The van der Waals surface area contributed by atoms with E-state index in [0.717, 1.165) is 98.1 Å². The zero-order valence-electron chi connectivity index (χ0n) is 34.0. The molecule has 0 radical (unpaired) electrons. The van der Waals surface area contributed by atoms with E-state index in [1.807, 2.05) is 29.3 Å². The molecule has 14 heteroatoms. The highest BCUT2D eigenvalue weighted by atomic mass is 19.3. The third-order valence-electron chi connectivity index (χ3n) is 15.0. The second kappa shape index (κ2) is 14.5. The van der Waals surface area contributed by atoms with Crippen molar-refractivity contribution in [3.8, 4) is 5.75 Å². The number of rotatable bonds is 7. The molecule has 11 rings (SSSR count). The molecule has 12 nitrogen and oxygen atoms in total. The van der Waals surface area contributed by atoms with Crippen LogP contribution in [0.3, 0.4) is 0 Å². The zero-order chi connectivity index (χ0) is 40.9. The molecule has 0 bridgehead atoms. The van der Waals surface area contributed by atoms with Crippen molar-refractivity contribution in [2.24, 2.45) is 11.3 Å². The van der Waals surface area contributed by atoms with Crippen molar-refractivity contribution in [3.05, 3.63) is 82.7 Å². The zero-order valence-corrected chi connectivity index (χ0v) is 34.0. The molecule has 3 saturated heterocycles. The molecule has 314 valence electrons. The summed E-state index contributed by atoms with van der Waals surface area (Å²) in [5.41, 5.74) is 7.14. The number of halogens is 2. The first-order valence-corrected chi connectivity index (χ1v) is 21.9. The van der Waals surface area contributed by atoms with Gasteiger partial charge in [0.05, 0.1) is 24.3 Å². The summed E-state index contributed by atoms with van der Waals surface area (Å²) in [4.78, 5) is 57.2. The number of carbonyl (C=O) groups is 3. The van der Waals surface area contributed by atoms with Crippen molar-refractivity contribution in [1.29, 1.82) is 0 Å². The fourth-order valence-electron chi connectivity index (χ4n) is 12.0.